The number of piperidine rings is 1. The van der Waals surface area contributed by atoms with Crippen LogP contribution < -0.4 is 10.6 Å². The summed E-state index contributed by atoms with van der Waals surface area (Å²) in [5.74, 6) is -0.430. The number of hydrogen-bond donors (Lipinski definition) is 1. The number of anilines is 2. The average Bonchev–Trinajstić information content (AvgIpc) is 2.96. The standard InChI is InChI=1S/C16H19N3O2/c17-13-4-5-14(15-12(13)3-1-7-18-15)19-8-2-6-16(11-19)20-9-10-21-16/h1,3-5,7H,2,6,8-11,17H2. The Bertz CT molecular complexity index is 668. The zero-order chi connectivity index (χ0) is 14.3. The number of nitrogens with zero attached hydrogens (tertiary/aromatic N) is 2. The minimum absolute atomic E-state index is 0.430. The molecule has 0 radical (unpaired) electrons. The van der Waals surface area contributed by atoms with E-state index in [4.69, 9.17) is 15.2 Å². The van der Waals surface area contributed by atoms with Crippen molar-refractivity contribution in [1.82, 2.24) is 4.98 Å². The first kappa shape index (κ1) is 12.9. The minimum atomic E-state index is -0.430. The predicted molar refractivity (Wildman–Crippen MR) is 82.2 cm³/mol. The number of fused-ring (bicyclic) bond motifs is 1. The second-order valence-electron chi connectivity index (χ2n) is 5.71. The fraction of sp³-hybridized carbons (Fsp3) is 0.438. The van der Waals surface area contributed by atoms with Crippen LogP contribution in [0.4, 0.5) is 11.4 Å². The fourth-order valence-corrected chi connectivity index (χ4v) is 3.36. The largest absolute Gasteiger partial charge is 0.398 e. The van der Waals surface area contributed by atoms with Gasteiger partial charge in [0.15, 0.2) is 5.79 Å². The van der Waals surface area contributed by atoms with Crippen molar-refractivity contribution < 1.29 is 9.47 Å². The monoisotopic (exact) mass is 285 g/mol. The van der Waals surface area contributed by atoms with Crippen LogP contribution in [0.3, 0.4) is 0 Å². The van der Waals surface area contributed by atoms with Gasteiger partial charge in [-0.05, 0) is 30.7 Å². The number of hydrogen-bond acceptors (Lipinski definition) is 5. The first-order chi connectivity index (χ1) is 10.3. The van der Waals surface area contributed by atoms with Crippen LogP contribution in [0.5, 0.6) is 0 Å². The summed E-state index contributed by atoms with van der Waals surface area (Å²) in [5, 5.41) is 1.00. The van der Waals surface area contributed by atoms with Crippen LogP contribution in [0, 0.1) is 0 Å². The molecule has 0 amide bonds. The molecule has 3 heterocycles. The Morgan fingerprint density at radius 3 is 2.90 bits per heavy atom. The molecule has 2 fully saturated rings. The predicted octanol–water partition coefficient (Wildman–Crippen LogP) is 2.16. The highest BCUT2D eigenvalue weighted by Gasteiger charge is 2.41. The summed E-state index contributed by atoms with van der Waals surface area (Å²) >= 11 is 0. The van der Waals surface area contributed by atoms with Gasteiger partial charge in [-0.1, -0.05) is 0 Å². The molecule has 2 aliphatic heterocycles. The van der Waals surface area contributed by atoms with E-state index in [2.05, 4.69) is 16.0 Å². The van der Waals surface area contributed by atoms with E-state index in [-0.39, 0.29) is 0 Å². The third kappa shape index (κ3) is 2.13. The summed E-state index contributed by atoms with van der Waals surface area (Å²) in [7, 11) is 0. The van der Waals surface area contributed by atoms with Crippen LogP contribution in [0.15, 0.2) is 30.5 Å². The Morgan fingerprint density at radius 1 is 1.19 bits per heavy atom. The van der Waals surface area contributed by atoms with E-state index in [0.717, 1.165) is 48.2 Å². The maximum Gasteiger partial charge on any atom is 0.186 e. The third-order valence-corrected chi connectivity index (χ3v) is 4.35. The van der Waals surface area contributed by atoms with E-state index in [1.165, 1.54) is 0 Å². The van der Waals surface area contributed by atoms with Gasteiger partial charge in [-0.3, -0.25) is 4.98 Å². The molecule has 1 aromatic carbocycles. The first-order valence-electron chi connectivity index (χ1n) is 7.44. The molecular formula is C16H19N3O2. The summed E-state index contributed by atoms with van der Waals surface area (Å²) < 4.78 is 11.7. The van der Waals surface area contributed by atoms with Gasteiger partial charge in [0.2, 0.25) is 0 Å². The molecule has 2 aromatic rings. The lowest BCUT2D eigenvalue weighted by atomic mass is 10.0. The van der Waals surface area contributed by atoms with E-state index < -0.39 is 5.79 Å². The fourth-order valence-electron chi connectivity index (χ4n) is 3.36. The van der Waals surface area contributed by atoms with E-state index in [1.807, 2.05) is 24.4 Å². The highest BCUT2D eigenvalue weighted by molar-refractivity contribution is 5.98. The lowest BCUT2D eigenvalue weighted by molar-refractivity contribution is -0.161. The van der Waals surface area contributed by atoms with Gasteiger partial charge in [0.1, 0.15) is 0 Å². The maximum absolute atomic E-state index is 6.06. The van der Waals surface area contributed by atoms with Crippen LogP contribution in [0.2, 0.25) is 0 Å². The van der Waals surface area contributed by atoms with Crippen molar-refractivity contribution in [1.29, 1.82) is 0 Å². The molecule has 5 nitrogen and oxygen atoms in total. The molecule has 2 aliphatic rings. The van der Waals surface area contributed by atoms with Gasteiger partial charge in [-0.25, -0.2) is 0 Å². The number of ether oxygens (including phenoxy) is 2. The molecule has 0 unspecified atom stereocenters. The zero-order valence-electron chi connectivity index (χ0n) is 11.9. The summed E-state index contributed by atoms with van der Waals surface area (Å²) in [6.45, 7) is 3.12. The van der Waals surface area contributed by atoms with Gasteiger partial charge in [0.25, 0.3) is 0 Å². The van der Waals surface area contributed by atoms with Crippen molar-refractivity contribution in [3.05, 3.63) is 30.5 Å². The van der Waals surface area contributed by atoms with Gasteiger partial charge in [0.05, 0.1) is 31.0 Å². The Hall–Kier alpha value is -1.85. The van der Waals surface area contributed by atoms with Crippen LogP contribution in [0.25, 0.3) is 10.9 Å². The SMILES string of the molecule is Nc1ccc(N2CCCC3(C2)OCCO3)c2ncccc12. The first-order valence-corrected chi connectivity index (χ1v) is 7.44. The summed E-state index contributed by atoms with van der Waals surface area (Å²) in [5.41, 5.74) is 8.89. The molecule has 4 rings (SSSR count). The molecule has 1 aromatic heterocycles. The Balaban J connectivity index is 1.74. The van der Waals surface area contributed by atoms with Crippen molar-refractivity contribution >= 4 is 22.3 Å². The van der Waals surface area contributed by atoms with Crippen LogP contribution in [-0.4, -0.2) is 37.1 Å². The normalized spacial score (nSPS) is 21.2. The highest BCUT2D eigenvalue weighted by Crippen LogP contribution is 2.36. The lowest BCUT2D eigenvalue weighted by Crippen LogP contribution is -2.49. The second-order valence-corrected chi connectivity index (χ2v) is 5.71. The second kappa shape index (κ2) is 4.86. The van der Waals surface area contributed by atoms with E-state index in [0.29, 0.717) is 13.2 Å². The van der Waals surface area contributed by atoms with Crippen molar-refractivity contribution in [3.63, 3.8) is 0 Å². The van der Waals surface area contributed by atoms with Crippen molar-refractivity contribution in [2.45, 2.75) is 18.6 Å². The Labute approximate surface area is 123 Å². The third-order valence-electron chi connectivity index (χ3n) is 4.35. The van der Waals surface area contributed by atoms with E-state index in [1.54, 1.807) is 0 Å². The van der Waals surface area contributed by atoms with Crippen molar-refractivity contribution in [3.8, 4) is 0 Å². The van der Waals surface area contributed by atoms with Crippen molar-refractivity contribution in [2.24, 2.45) is 0 Å². The summed E-state index contributed by atoms with van der Waals surface area (Å²) in [4.78, 5) is 6.84. The molecule has 0 bridgehead atoms. The summed E-state index contributed by atoms with van der Waals surface area (Å²) in [6.07, 6.45) is 3.83. The molecule has 0 atom stereocenters. The number of aromatic nitrogens is 1. The minimum Gasteiger partial charge on any atom is -0.398 e. The number of pyridine rings is 1. The van der Waals surface area contributed by atoms with E-state index >= 15 is 0 Å². The Morgan fingerprint density at radius 2 is 2.05 bits per heavy atom. The van der Waals surface area contributed by atoms with Gasteiger partial charge in [-0.2, -0.15) is 0 Å². The molecule has 1 spiro atoms. The van der Waals surface area contributed by atoms with Crippen LogP contribution >= 0.6 is 0 Å². The smallest absolute Gasteiger partial charge is 0.186 e. The maximum atomic E-state index is 6.06. The number of benzene rings is 1. The highest BCUT2D eigenvalue weighted by atomic mass is 16.7. The zero-order valence-corrected chi connectivity index (χ0v) is 11.9. The van der Waals surface area contributed by atoms with Gasteiger partial charge < -0.3 is 20.1 Å². The molecule has 5 heteroatoms. The van der Waals surface area contributed by atoms with Crippen LogP contribution in [0.1, 0.15) is 12.8 Å². The molecule has 0 aliphatic carbocycles. The number of nitrogens with two attached hydrogens (primary N) is 1. The lowest BCUT2D eigenvalue weighted by Gasteiger charge is -2.40. The number of nitrogen functional groups attached to an aromatic ring is 1. The number of rotatable bonds is 1. The van der Waals surface area contributed by atoms with Gasteiger partial charge in [0, 0.05) is 30.2 Å². The van der Waals surface area contributed by atoms with Crippen molar-refractivity contribution in [2.75, 3.05) is 36.9 Å². The quantitative estimate of drug-likeness (QED) is 0.814. The van der Waals surface area contributed by atoms with Gasteiger partial charge in [-0.15, -0.1) is 0 Å². The van der Waals surface area contributed by atoms with Gasteiger partial charge >= 0.3 is 0 Å². The molecular weight excluding hydrogens is 266 g/mol. The topological polar surface area (TPSA) is 60.6 Å². The molecule has 110 valence electrons. The van der Waals surface area contributed by atoms with E-state index in [9.17, 15) is 0 Å². The molecule has 0 saturated carbocycles. The summed E-state index contributed by atoms with van der Waals surface area (Å²) in [6, 6.07) is 7.95. The average molecular weight is 285 g/mol. The molecule has 2 N–H and O–H groups in total. The van der Waals surface area contributed by atoms with Crippen LogP contribution in [-0.2, 0) is 9.47 Å². The molecule has 21 heavy (non-hydrogen) atoms. The molecule has 2 saturated heterocycles. The Kier molecular flexibility index (Phi) is 2.97.